The van der Waals surface area contributed by atoms with Gasteiger partial charge in [-0.1, -0.05) is 6.07 Å². The van der Waals surface area contributed by atoms with Gasteiger partial charge in [0.25, 0.3) is 0 Å². The molecule has 0 saturated heterocycles. The zero-order valence-corrected chi connectivity index (χ0v) is 12.4. The van der Waals surface area contributed by atoms with Gasteiger partial charge in [0.05, 0.1) is 2.88 Å². The van der Waals surface area contributed by atoms with Crippen LogP contribution in [0.15, 0.2) is 29.0 Å². The molecule has 2 rings (SSSR count). The lowest BCUT2D eigenvalue weighted by Gasteiger charge is -2.13. The highest BCUT2D eigenvalue weighted by Gasteiger charge is 2.11. The molecule has 2 aromatic rings. The standard InChI is InChI=1S/C11H13IN2S2/c12-11-6-8(7-16-11)10(14-13)4-3-9-2-1-5-15-9/h1-2,5-7,10,14H,3-4,13H2. The van der Waals surface area contributed by atoms with E-state index < -0.39 is 0 Å². The summed E-state index contributed by atoms with van der Waals surface area (Å²) in [5, 5.41) is 4.30. The van der Waals surface area contributed by atoms with Crippen LogP contribution >= 0.6 is 45.3 Å². The first-order chi connectivity index (χ1) is 7.79. The summed E-state index contributed by atoms with van der Waals surface area (Å²) in [5.74, 6) is 5.61. The summed E-state index contributed by atoms with van der Waals surface area (Å²) in [5.41, 5.74) is 4.20. The maximum atomic E-state index is 5.61. The smallest absolute Gasteiger partial charge is 0.0656 e. The van der Waals surface area contributed by atoms with Gasteiger partial charge in [0.15, 0.2) is 0 Å². The summed E-state index contributed by atoms with van der Waals surface area (Å²) in [6.45, 7) is 0. The van der Waals surface area contributed by atoms with E-state index in [0.29, 0.717) is 0 Å². The molecule has 1 atom stereocenters. The van der Waals surface area contributed by atoms with Crippen LogP contribution < -0.4 is 11.3 Å². The van der Waals surface area contributed by atoms with Crippen LogP contribution in [0.1, 0.15) is 22.9 Å². The Balaban J connectivity index is 1.96. The number of hydrogen-bond acceptors (Lipinski definition) is 4. The number of nitrogens with two attached hydrogens (primary N) is 1. The van der Waals surface area contributed by atoms with Crippen LogP contribution in [0.25, 0.3) is 0 Å². The van der Waals surface area contributed by atoms with Crippen molar-refractivity contribution in [2.24, 2.45) is 5.84 Å². The zero-order valence-electron chi connectivity index (χ0n) is 8.65. The van der Waals surface area contributed by atoms with E-state index >= 15 is 0 Å². The van der Waals surface area contributed by atoms with Crippen molar-refractivity contribution in [1.82, 2.24) is 5.43 Å². The lowest BCUT2D eigenvalue weighted by Crippen LogP contribution is -2.28. The minimum atomic E-state index is 0.266. The molecule has 0 amide bonds. The molecule has 16 heavy (non-hydrogen) atoms. The molecule has 2 nitrogen and oxygen atoms in total. The predicted molar refractivity (Wildman–Crippen MR) is 79.7 cm³/mol. The van der Waals surface area contributed by atoms with Gasteiger partial charge in [-0.25, -0.2) is 0 Å². The van der Waals surface area contributed by atoms with Gasteiger partial charge in [-0.05, 0) is 63.9 Å². The molecule has 0 aliphatic carbocycles. The largest absolute Gasteiger partial charge is 0.271 e. The van der Waals surface area contributed by atoms with E-state index in [1.54, 1.807) is 11.3 Å². The number of nitrogens with one attached hydrogen (secondary N) is 1. The fraction of sp³-hybridized carbons (Fsp3) is 0.273. The summed E-state index contributed by atoms with van der Waals surface area (Å²) in [7, 11) is 0. The lowest BCUT2D eigenvalue weighted by atomic mass is 10.1. The van der Waals surface area contributed by atoms with Gasteiger partial charge in [0.1, 0.15) is 0 Å². The van der Waals surface area contributed by atoms with Crippen LogP contribution in [0.4, 0.5) is 0 Å². The van der Waals surface area contributed by atoms with Crippen molar-refractivity contribution in [1.29, 1.82) is 0 Å². The Labute approximate surface area is 117 Å². The minimum Gasteiger partial charge on any atom is -0.271 e. The molecule has 2 aromatic heterocycles. The Hall–Kier alpha value is 0.0500. The van der Waals surface area contributed by atoms with Crippen LogP contribution in [-0.2, 0) is 6.42 Å². The lowest BCUT2D eigenvalue weighted by molar-refractivity contribution is 0.519. The molecule has 0 radical (unpaired) electrons. The van der Waals surface area contributed by atoms with Crippen LogP contribution in [0.3, 0.4) is 0 Å². The van der Waals surface area contributed by atoms with Crippen LogP contribution in [0.5, 0.6) is 0 Å². The second kappa shape index (κ2) is 6.11. The summed E-state index contributed by atoms with van der Waals surface area (Å²) in [6.07, 6.45) is 2.13. The van der Waals surface area contributed by atoms with Crippen molar-refractivity contribution < 1.29 is 0 Å². The molecule has 0 fully saturated rings. The van der Waals surface area contributed by atoms with E-state index in [1.165, 1.54) is 13.3 Å². The average molecular weight is 364 g/mol. The van der Waals surface area contributed by atoms with Crippen molar-refractivity contribution in [2.45, 2.75) is 18.9 Å². The number of thiophene rings is 2. The second-order valence-electron chi connectivity index (χ2n) is 3.52. The number of rotatable bonds is 5. The molecular formula is C11H13IN2S2. The summed E-state index contributed by atoms with van der Waals surface area (Å²) < 4.78 is 1.31. The highest BCUT2D eigenvalue weighted by Crippen LogP contribution is 2.25. The Morgan fingerprint density at radius 2 is 2.31 bits per heavy atom. The predicted octanol–water partition coefficient (Wildman–Crippen LogP) is 3.55. The maximum absolute atomic E-state index is 5.61. The summed E-state index contributed by atoms with van der Waals surface area (Å²) in [4.78, 5) is 1.42. The molecule has 5 heteroatoms. The first kappa shape index (κ1) is 12.5. The van der Waals surface area contributed by atoms with E-state index in [4.69, 9.17) is 5.84 Å². The zero-order chi connectivity index (χ0) is 11.4. The van der Waals surface area contributed by atoms with Crippen molar-refractivity contribution in [2.75, 3.05) is 0 Å². The van der Waals surface area contributed by atoms with Crippen molar-refractivity contribution in [3.8, 4) is 0 Å². The first-order valence-electron chi connectivity index (χ1n) is 5.02. The fourth-order valence-electron chi connectivity index (χ4n) is 1.59. The van der Waals surface area contributed by atoms with Crippen molar-refractivity contribution in [3.05, 3.63) is 42.3 Å². The molecule has 0 aromatic carbocycles. The van der Waals surface area contributed by atoms with E-state index in [-0.39, 0.29) is 6.04 Å². The number of halogens is 1. The molecule has 2 heterocycles. The van der Waals surface area contributed by atoms with Crippen LogP contribution in [0, 0.1) is 2.88 Å². The highest BCUT2D eigenvalue weighted by molar-refractivity contribution is 14.1. The number of hydrazine groups is 1. The van der Waals surface area contributed by atoms with Gasteiger partial charge >= 0.3 is 0 Å². The average Bonchev–Trinajstić information content (AvgIpc) is 2.91. The number of hydrogen-bond donors (Lipinski definition) is 2. The van der Waals surface area contributed by atoms with Gasteiger partial charge in [-0.15, -0.1) is 22.7 Å². The molecule has 0 aliphatic rings. The maximum Gasteiger partial charge on any atom is 0.0656 e. The highest BCUT2D eigenvalue weighted by atomic mass is 127. The fourth-order valence-corrected chi connectivity index (χ4v) is 3.74. The summed E-state index contributed by atoms with van der Waals surface area (Å²) in [6, 6.07) is 6.74. The van der Waals surface area contributed by atoms with Gasteiger partial charge in [0, 0.05) is 10.9 Å². The molecule has 0 aliphatic heterocycles. The minimum absolute atomic E-state index is 0.266. The Morgan fingerprint density at radius 1 is 1.44 bits per heavy atom. The Bertz CT molecular complexity index is 425. The van der Waals surface area contributed by atoms with E-state index in [2.05, 4.69) is 57.0 Å². The second-order valence-corrected chi connectivity index (χ2v) is 7.36. The van der Waals surface area contributed by atoms with Crippen molar-refractivity contribution in [3.63, 3.8) is 0 Å². The third-order valence-electron chi connectivity index (χ3n) is 2.45. The molecule has 0 spiro atoms. The van der Waals surface area contributed by atoms with E-state index in [0.717, 1.165) is 12.8 Å². The molecule has 0 saturated carbocycles. The normalized spacial score (nSPS) is 12.9. The Morgan fingerprint density at radius 3 is 2.88 bits per heavy atom. The van der Waals surface area contributed by atoms with E-state index in [9.17, 15) is 0 Å². The molecule has 86 valence electrons. The molecular weight excluding hydrogens is 351 g/mol. The molecule has 3 N–H and O–H groups in total. The van der Waals surface area contributed by atoms with Crippen LogP contribution in [-0.4, -0.2) is 0 Å². The summed E-state index contributed by atoms with van der Waals surface area (Å²) >= 11 is 5.91. The monoisotopic (exact) mass is 364 g/mol. The van der Waals surface area contributed by atoms with Crippen molar-refractivity contribution >= 4 is 45.3 Å². The molecule has 1 unspecified atom stereocenters. The topological polar surface area (TPSA) is 38.0 Å². The SMILES string of the molecule is NNC(CCc1cccs1)c1csc(I)c1. The van der Waals surface area contributed by atoms with Gasteiger partial charge in [0.2, 0.25) is 0 Å². The Kier molecular flexibility index (Phi) is 4.78. The molecule has 0 bridgehead atoms. The third-order valence-corrected chi connectivity index (χ3v) is 5.19. The first-order valence-corrected chi connectivity index (χ1v) is 7.86. The van der Waals surface area contributed by atoms with Gasteiger partial charge < -0.3 is 0 Å². The van der Waals surface area contributed by atoms with Gasteiger partial charge in [-0.3, -0.25) is 11.3 Å². The quantitative estimate of drug-likeness (QED) is 0.484. The number of aryl methyl sites for hydroxylation is 1. The van der Waals surface area contributed by atoms with E-state index in [1.807, 2.05) is 11.3 Å². The van der Waals surface area contributed by atoms with Gasteiger partial charge in [-0.2, -0.15) is 0 Å². The third kappa shape index (κ3) is 3.27. The van der Waals surface area contributed by atoms with Crippen LogP contribution in [0.2, 0.25) is 0 Å².